The van der Waals surface area contributed by atoms with Gasteiger partial charge in [0.2, 0.25) is 0 Å². The van der Waals surface area contributed by atoms with Crippen LogP contribution in [0.4, 0.5) is 0 Å². The van der Waals surface area contributed by atoms with E-state index in [0.29, 0.717) is 6.42 Å². The van der Waals surface area contributed by atoms with E-state index in [4.69, 9.17) is 5.11 Å². The van der Waals surface area contributed by atoms with E-state index in [1.165, 1.54) is 0 Å². The molecule has 0 aliphatic carbocycles. The van der Waals surface area contributed by atoms with Crippen LogP contribution in [0, 0.1) is 0 Å². The third-order valence-electron chi connectivity index (χ3n) is 2.26. The Hall–Kier alpha value is -1.57. The molecule has 1 aromatic carbocycles. The molecule has 0 aliphatic heterocycles. The molecule has 0 unspecified atom stereocenters. The molecule has 2 heteroatoms. The van der Waals surface area contributed by atoms with Crippen LogP contribution >= 0.6 is 0 Å². The highest BCUT2D eigenvalue weighted by molar-refractivity contribution is 5.76. The molecule has 0 heterocycles. The normalized spacial score (nSPS) is 11.9. The lowest BCUT2D eigenvalue weighted by Crippen LogP contribution is -2.10. The molecule has 1 aromatic rings. The third kappa shape index (κ3) is 3.58. The Morgan fingerprint density at radius 2 is 1.93 bits per heavy atom. The molecular weight excluding hydrogens is 188 g/mol. The Balaban J connectivity index is 2.85. The van der Waals surface area contributed by atoms with Crippen molar-refractivity contribution in [3.63, 3.8) is 0 Å². The standard InChI is InChI=1S/C13H16O2/c1-10(2)8-9-12(13(14)15)11-6-4-3-5-7-11/h3-8,12H,9H2,1-2H3,(H,14,15)/t12-/m0/s1. The van der Waals surface area contributed by atoms with Crippen molar-refractivity contribution in [2.75, 3.05) is 0 Å². The summed E-state index contributed by atoms with van der Waals surface area (Å²) in [6, 6.07) is 9.35. The van der Waals surface area contributed by atoms with E-state index < -0.39 is 11.9 Å². The number of hydrogen-bond acceptors (Lipinski definition) is 1. The van der Waals surface area contributed by atoms with E-state index in [9.17, 15) is 4.79 Å². The Morgan fingerprint density at radius 1 is 1.33 bits per heavy atom. The van der Waals surface area contributed by atoms with Gasteiger partial charge in [-0.2, -0.15) is 0 Å². The monoisotopic (exact) mass is 204 g/mol. The van der Waals surface area contributed by atoms with Crippen molar-refractivity contribution >= 4 is 5.97 Å². The van der Waals surface area contributed by atoms with Gasteiger partial charge >= 0.3 is 5.97 Å². The Labute approximate surface area is 90.3 Å². The van der Waals surface area contributed by atoms with Crippen LogP contribution in [0.15, 0.2) is 42.0 Å². The first-order valence-electron chi connectivity index (χ1n) is 5.02. The summed E-state index contributed by atoms with van der Waals surface area (Å²) in [6.45, 7) is 3.95. The van der Waals surface area contributed by atoms with Gasteiger partial charge in [-0.25, -0.2) is 0 Å². The summed E-state index contributed by atoms with van der Waals surface area (Å²) >= 11 is 0. The van der Waals surface area contributed by atoms with E-state index >= 15 is 0 Å². The fourth-order valence-electron chi connectivity index (χ4n) is 1.42. The molecule has 0 aromatic heterocycles. The quantitative estimate of drug-likeness (QED) is 0.764. The van der Waals surface area contributed by atoms with E-state index in [-0.39, 0.29) is 0 Å². The van der Waals surface area contributed by atoms with Crippen molar-refractivity contribution in [1.29, 1.82) is 0 Å². The van der Waals surface area contributed by atoms with Gasteiger partial charge in [0, 0.05) is 0 Å². The molecule has 0 fully saturated rings. The van der Waals surface area contributed by atoms with Gasteiger partial charge in [0.1, 0.15) is 0 Å². The molecule has 0 saturated heterocycles. The second-order valence-corrected chi connectivity index (χ2v) is 3.82. The predicted octanol–water partition coefficient (Wildman–Crippen LogP) is 3.21. The molecular formula is C13H16O2. The minimum absolute atomic E-state index is 0.430. The minimum atomic E-state index is -0.765. The predicted molar refractivity (Wildman–Crippen MR) is 60.9 cm³/mol. The van der Waals surface area contributed by atoms with E-state index in [1.807, 2.05) is 50.3 Å². The van der Waals surface area contributed by atoms with Gasteiger partial charge in [-0.1, -0.05) is 42.0 Å². The summed E-state index contributed by atoms with van der Waals surface area (Å²) in [5.74, 6) is -1.19. The first kappa shape index (κ1) is 11.5. The van der Waals surface area contributed by atoms with E-state index in [0.717, 1.165) is 11.1 Å². The topological polar surface area (TPSA) is 37.3 Å². The summed E-state index contributed by atoms with van der Waals surface area (Å²) in [4.78, 5) is 11.1. The number of rotatable bonds is 4. The first-order valence-corrected chi connectivity index (χ1v) is 5.02. The highest BCUT2D eigenvalue weighted by Crippen LogP contribution is 2.20. The molecule has 0 spiro atoms. The maximum atomic E-state index is 11.1. The second kappa shape index (κ2) is 5.35. The van der Waals surface area contributed by atoms with Crippen molar-refractivity contribution in [2.24, 2.45) is 0 Å². The molecule has 0 saturated carbocycles. The van der Waals surface area contributed by atoms with E-state index in [2.05, 4.69) is 0 Å². The van der Waals surface area contributed by atoms with Crippen LogP contribution in [0.5, 0.6) is 0 Å². The van der Waals surface area contributed by atoms with Gasteiger partial charge in [0.15, 0.2) is 0 Å². The number of carboxylic acids is 1. The number of carbonyl (C=O) groups is 1. The summed E-state index contributed by atoms with van der Waals surface area (Å²) in [5.41, 5.74) is 2.01. The number of carboxylic acid groups (broad SMARTS) is 1. The van der Waals surface area contributed by atoms with Gasteiger partial charge in [-0.3, -0.25) is 4.79 Å². The molecule has 15 heavy (non-hydrogen) atoms. The van der Waals surface area contributed by atoms with Gasteiger partial charge < -0.3 is 5.11 Å². The summed E-state index contributed by atoms with van der Waals surface area (Å²) < 4.78 is 0. The number of allylic oxidation sites excluding steroid dienone is 2. The lowest BCUT2D eigenvalue weighted by atomic mass is 9.95. The zero-order valence-corrected chi connectivity index (χ0v) is 9.10. The van der Waals surface area contributed by atoms with Crippen LogP contribution in [-0.4, -0.2) is 11.1 Å². The van der Waals surface area contributed by atoms with E-state index in [1.54, 1.807) is 0 Å². The maximum absolute atomic E-state index is 11.1. The van der Waals surface area contributed by atoms with Gasteiger partial charge in [-0.15, -0.1) is 0 Å². The number of benzene rings is 1. The van der Waals surface area contributed by atoms with Crippen LogP contribution in [0.2, 0.25) is 0 Å². The SMILES string of the molecule is CC(C)=CC[C@H](C(=O)O)c1ccccc1. The molecule has 1 atom stereocenters. The summed E-state index contributed by atoms with van der Waals surface area (Å²) in [5, 5.41) is 9.11. The van der Waals surface area contributed by atoms with Crippen molar-refractivity contribution in [2.45, 2.75) is 26.2 Å². The largest absolute Gasteiger partial charge is 0.481 e. The van der Waals surface area contributed by atoms with Gasteiger partial charge in [-0.05, 0) is 25.8 Å². The zero-order chi connectivity index (χ0) is 11.3. The summed E-state index contributed by atoms with van der Waals surface area (Å²) in [6.07, 6.45) is 2.52. The van der Waals surface area contributed by atoms with Gasteiger partial charge in [0.25, 0.3) is 0 Å². The Morgan fingerprint density at radius 3 is 2.40 bits per heavy atom. The molecule has 0 aliphatic rings. The molecule has 80 valence electrons. The zero-order valence-electron chi connectivity index (χ0n) is 9.10. The van der Waals surface area contributed by atoms with Crippen LogP contribution in [0.1, 0.15) is 31.7 Å². The fraction of sp³-hybridized carbons (Fsp3) is 0.308. The van der Waals surface area contributed by atoms with Gasteiger partial charge in [0.05, 0.1) is 5.92 Å². The molecule has 1 rings (SSSR count). The first-order chi connectivity index (χ1) is 7.11. The molecule has 0 radical (unpaired) electrons. The maximum Gasteiger partial charge on any atom is 0.311 e. The molecule has 0 bridgehead atoms. The third-order valence-corrected chi connectivity index (χ3v) is 2.26. The number of aliphatic carboxylic acids is 1. The van der Waals surface area contributed by atoms with Crippen LogP contribution < -0.4 is 0 Å². The van der Waals surface area contributed by atoms with Crippen molar-refractivity contribution in [1.82, 2.24) is 0 Å². The average molecular weight is 204 g/mol. The second-order valence-electron chi connectivity index (χ2n) is 3.82. The lowest BCUT2D eigenvalue weighted by Gasteiger charge is -2.10. The molecule has 0 amide bonds. The van der Waals surface area contributed by atoms with Crippen LogP contribution in [-0.2, 0) is 4.79 Å². The smallest absolute Gasteiger partial charge is 0.311 e. The highest BCUT2D eigenvalue weighted by Gasteiger charge is 2.17. The lowest BCUT2D eigenvalue weighted by molar-refractivity contribution is -0.138. The molecule has 2 nitrogen and oxygen atoms in total. The Bertz CT molecular complexity index is 348. The number of hydrogen-bond donors (Lipinski definition) is 1. The van der Waals surface area contributed by atoms with Crippen molar-refractivity contribution in [3.8, 4) is 0 Å². The van der Waals surface area contributed by atoms with Crippen LogP contribution in [0.25, 0.3) is 0 Å². The molecule has 1 N–H and O–H groups in total. The minimum Gasteiger partial charge on any atom is -0.481 e. The van der Waals surface area contributed by atoms with Crippen molar-refractivity contribution in [3.05, 3.63) is 47.5 Å². The Kier molecular flexibility index (Phi) is 4.10. The van der Waals surface area contributed by atoms with Crippen molar-refractivity contribution < 1.29 is 9.90 Å². The summed E-state index contributed by atoms with van der Waals surface area (Å²) in [7, 11) is 0. The van der Waals surface area contributed by atoms with Crippen LogP contribution in [0.3, 0.4) is 0 Å². The average Bonchev–Trinajstić information content (AvgIpc) is 2.18. The fourth-order valence-corrected chi connectivity index (χ4v) is 1.42. The highest BCUT2D eigenvalue weighted by atomic mass is 16.4.